The Morgan fingerprint density at radius 3 is 2.58 bits per heavy atom. The van der Waals surface area contributed by atoms with Crippen LogP contribution in [-0.2, 0) is 6.54 Å². The van der Waals surface area contributed by atoms with Gasteiger partial charge in [0.15, 0.2) is 5.11 Å². The molecule has 2 rings (SSSR count). The third-order valence-corrected chi connectivity index (χ3v) is 4.34. The Morgan fingerprint density at radius 1 is 1.29 bits per heavy atom. The van der Waals surface area contributed by atoms with Gasteiger partial charge >= 0.3 is 0 Å². The quantitative estimate of drug-likeness (QED) is 0.574. The largest absolute Gasteiger partial charge is 0.494 e. The molecule has 0 saturated heterocycles. The summed E-state index contributed by atoms with van der Waals surface area (Å²) in [6.45, 7) is 8.09. The smallest absolute Gasteiger partial charge is 0.170 e. The lowest BCUT2D eigenvalue weighted by Crippen LogP contribution is -2.29. The highest BCUT2D eigenvalue weighted by Gasteiger charge is 2.08. The van der Waals surface area contributed by atoms with Crippen LogP contribution in [0, 0.1) is 13.8 Å². The maximum atomic E-state index is 6.14. The highest BCUT2D eigenvalue weighted by molar-refractivity contribution is 7.80. The van der Waals surface area contributed by atoms with Gasteiger partial charge in [-0.25, -0.2) is 0 Å². The summed E-state index contributed by atoms with van der Waals surface area (Å²) in [6, 6.07) is 7.72. The highest BCUT2D eigenvalue weighted by Crippen LogP contribution is 2.19. The molecule has 0 amide bonds. The normalized spacial score (nSPS) is 10.5. The van der Waals surface area contributed by atoms with Gasteiger partial charge < -0.3 is 15.4 Å². The van der Waals surface area contributed by atoms with E-state index in [1.165, 1.54) is 0 Å². The molecule has 1 aromatic carbocycles. The molecular formula is C17H23ClN4OS. The van der Waals surface area contributed by atoms with Crippen molar-refractivity contribution in [1.29, 1.82) is 0 Å². The Bertz CT molecular complexity index is 685. The SMILES string of the molecule is CCOc1ccc(NC(=S)NCCCn2nc(C)c(Cl)c2C)cc1. The molecule has 1 heterocycles. The Morgan fingerprint density at radius 2 is 2.00 bits per heavy atom. The van der Waals surface area contributed by atoms with Gasteiger partial charge in [0.05, 0.1) is 23.0 Å². The standard InChI is InChI=1S/C17H23ClN4OS/c1-4-23-15-8-6-14(7-9-15)20-17(24)19-10-5-11-22-13(3)16(18)12(2)21-22/h6-9H,4-5,10-11H2,1-3H3,(H2,19,20,24). The Labute approximate surface area is 153 Å². The van der Waals surface area contributed by atoms with Gasteiger partial charge in [-0.15, -0.1) is 0 Å². The zero-order valence-electron chi connectivity index (χ0n) is 14.2. The second-order valence-electron chi connectivity index (χ2n) is 5.40. The van der Waals surface area contributed by atoms with Crippen molar-refractivity contribution in [2.24, 2.45) is 0 Å². The van der Waals surface area contributed by atoms with Crippen molar-refractivity contribution in [1.82, 2.24) is 15.1 Å². The average Bonchev–Trinajstić information content (AvgIpc) is 2.81. The maximum Gasteiger partial charge on any atom is 0.170 e. The summed E-state index contributed by atoms with van der Waals surface area (Å²) in [7, 11) is 0. The lowest BCUT2D eigenvalue weighted by molar-refractivity contribution is 0.340. The first-order valence-electron chi connectivity index (χ1n) is 7.98. The Balaban J connectivity index is 1.72. The van der Waals surface area contributed by atoms with Crippen molar-refractivity contribution in [3.63, 3.8) is 0 Å². The fourth-order valence-corrected chi connectivity index (χ4v) is 2.66. The van der Waals surface area contributed by atoms with Crippen LogP contribution >= 0.6 is 23.8 Å². The zero-order valence-corrected chi connectivity index (χ0v) is 15.8. The number of benzene rings is 1. The zero-order chi connectivity index (χ0) is 17.5. The van der Waals surface area contributed by atoms with E-state index in [9.17, 15) is 0 Å². The van der Waals surface area contributed by atoms with Gasteiger partial charge in [-0.1, -0.05) is 11.6 Å². The second-order valence-corrected chi connectivity index (χ2v) is 6.19. The van der Waals surface area contributed by atoms with Crippen molar-refractivity contribution < 1.29 is 4.74 Å². The lowest BCUT2D eigenvalue weighted by atomic mass is 10.3. The van der Waals surface area contributed by atoms with Crippen LogP contribution in [0.5, 0.6) is 5.75 Å². The lowest BCUT2D eigenvalue weighted by Gasteiger charge is -2.11. The van der Waals surface area contributed by atoms with Crippen molar-refractivity contribution in [2.45, 2.75) is 33.7 Å². The van der Waals surface area contributed by atoms with Crippen molar-refractivity contribution in [2.75, 3.05) is 18.5 Å². The molecule has 1 aromatic heterocycles. The van der Waals surface area contributed by atoms with Crippen molar-refractivity contribution >= 4 is 34.6 Å². The van der Waals surface area contributed by atoms with E-state index in [2.05, 4.69) is 15.7 Å². The first-order valence-corrected chi connectivity index (χ1v) is 8.77. The maximum absolute atomic E-state index is 6.14. The number of nitrogens with one attached hydrogen (secondary N) is 2. The summed E-state index contributed by atoms with van der Waals surface area (Å²) < 4.78 is 7.35. The van der Waals surface area contributed by atoms with E-state index in [0.29, 0.717) is 11.7 Å². The van der Waals surface area contributed by atoms with E-state index in [-0.39, 0.29) is 0 Å². The predicted octanol–water partition coefficient (Wildman–Crippen LogP) is 3.93. The minimum absolute atomic E-state index is 0.602. The number of rotatable bonds is 7. The molecule has 130 valence electrons. The molecule has 0 spiro atoms. The number of hydrogen-bond acceptors (Lipinski definition) is 3. The summed E-state index contributed by atoms with van der Waals surface area (Å²) in [6.07, 6.45) is 0.906. The molecular weight excluding hydrogens is 344 g/mol. The van der Waals surface area contributed by atoms with Crippen LogP contribution in [0.15, 0.2) is 24.3 Å². The van der Waals surface area contributed by atoms with E-state index < -0.39 is 0 Å². The molecule has 2 aromatic rings. The fraction of sp³-hybridized carbons (Fsp3) is 0.412. The molecule has 0 aliphatic rings. The molecule has 5 nitrogen and oxygen atoms in total. The number of halogens is 1. The molecule has 0 fully saturated rings. The molecule has 0 atom stereocenters. The van der Waals surface area contributed by atoms with Crippen LogP contribution in [0.25, 0.3) is 0 Å². The molecule has 0 aliphatic carbocycles. The van der Waals surface area contributed by atoms with Crippen LogP contribution in [-0.4, -0.2) is 28.0 Å². The van der Waals surface area contributed by atoms with Gasteiger partial charge in [0.25, 0.3) is 0 Å². The minimum atomic E-state index is 0.602. The summed E-state index contributed by atoms with van der Waals surface area (Å²) in [4.78, 5) is 0. The summed E-state index contributed by atoms with van der Waals surface area (Å²) in [5.74, 6) is 0.852. The first-order chi connectivity index (χ1) is 11.5. The van der Waals surface area contributed by atoms with E-state index in [1.807, 2.05) is 49.7 Å². The van der Waals surface area contributed by atoms with E-state index in [0.717, 1.165) is 47.4 Å². The summed E-state index contributed by atoms with van der Waals surface area (Å²) >= 11 is 11.4. The molecule has 7 heteroatoms. The first kappa shape index (κ1) is 18.5. The van der Waals surface area contributed by atoms with Crippen LogP contribution in [0.4, 0.5) is 5.69 Å². The third kappa shape index (κ3) is 5.11. The molecule has 0 unspecified atom stereocenters. The molecule has 24 heavy (non-hydrogen) atoms. The van der Waals surface area contributed by atoms with Crippen molar-refractivity contribution in [3.8, 4) is 5.75 Å². The van der Waals surface area contributed by atoms with Crippen LogP contribution in [0.2, 0.25) is 5.02 Å². The summed E-state index contributed by atoms with van der Waals surface area (Å²) in [5, 5.41) is 12.1. The van der Waals surface area contributed by atoms with Crippen molar-refractivity contribution in [3.05, 3.63) is 40.7 Å². The fourth-order valence-electron chi connectivity index (χ4n) is 2.30. The predicted molar refractivity (Wildman–Crippen MR) is 103 cm³/mol. The number of thiocarbonyl (C=S) groups is 1. The molecule has 2 N–H and O–H groups in total. The average molecular weight is 367 g/mol. The van der Waals surface area contributed by atoms with Gasteiger partial charge in [-0.05, 0) is 63.7 Å². The number of ether oxygens (including phenoxy) is 1. The minimum Gasteiger partial charge on any atom is -0.494 e. The van der Waals surface area contributed by atoms with E-state index >= 15 is 0 Å². The van der Waals surface area contributed by atoms with Gasteiger partial charge in [0, 0.05) is 18.8 Å². The number of anilines is 1. The molecule has 0 saturated carbocycles. The molecule has 0 bridgehead atoms. The van der Waals surface area contributed by atoms with E-state index in [4.69, 9.17) is 28.6 Å². The highest BCUT2D eigenvalue weighted by atomic mass is 35.5. The monoisotopic (exact) mass is 366 g/mol. The summed E-state index contributed by atoms with van der Waals surface area (Å²) in [5.41, 5.74) is 2.81. The van der Waals surface area contributed by atoms with Gasteiger partial charge in [-0.2, -0.15) is 5.10 Å². The van der Waals surface area contributed by atoms with Crippen LogP contribution in [0.3, 0.4) is 0 Å². The van der Waals surface area contributed by atoms with Gasteiger partial charge in [-0.3, -0.25) is 4.68 Å². The number of aryl methyl sites for hydroxylation is 2. The van der Waals surface area contributed by atoms with Crippen LogP contribution < -0.4 is 15.4 Å². The third-order valence-electron chi connectivity index (χ3n) is 3.55. The number of nitrogens with zero attached hydrogens (tertiary/aromatic N) is 2. The Hall–Kier alpha value is -1.79. The van der Waals surface area contributed by atoms with Crippen LogP contribution in [0.1, 0.15) is 24.7 Å². The second kappa shape index (κ2) is 8.89. The van der Waals surface area contributed by atoms with E-state index in [1.54, 1.807) is 0 Å². The molecule has 0 radical (unpaired) electrons. The number of aromatic nitrogens is 2. The number of hydrogen-bond donors (Lipinski definition) is 2. The van der Waals surface area contributed by atoms with Gasteiger partial charge in [0.2, 0.25) is 0 Å². The topological polar surface area (TPSA) is 51.1 Å². The van der Waals surface area contributed by atoms with Gasteiger partial charge in [0.1, 0.15) is 5.75 Å². The Kier molecular flexibility index (Phi) is 6.87. The molecule has 0 aliphatic heterocycles.